The number of fused-ring (bicyclic) bond motifs is 1. The lowest BCUT2D eigenvalue weighted by molar-refractivity contribution is 0.0692. The zero-order valence-corrected chi connectivity index (χ0v) is 26.8. The number of aromatic carboxylic acids is 1. The van der Waals surface area contributed by atoms with Crippen LogP contribution in [-0.4, -0.2) is 70.7 Å². The molecule has 0 aliphatic carbocycles. The molecule has 0 bridgehead atoms. The molecule has 0 unspecified atom stereocenters. The molecular formula is C36H44N4O5. The number of benzene rings is 2. The van der Waals surface area contributed by atoms with Crippen molar-refractivity contribution in [2.24, 2.45) is 0 Å². The predicted molar refractivity (Wildman–Crippen MR) is 175 cm³/mol. The molecule has 0 atom stereocenters. The van der Waals surface area contributed by atoms with Crippen LogP contribution in [-0.2, 0) is 24.2 Å². The molecule has 9 heteroatoms. The second-order valence-electron chi connectivity index (χ2n) is 11.6. The molecule has 1 saturated heterocycles. The fourth-order valence-corrected chi connectivity index (χ4v) is 5.82. The van der Waals surface area contributed by atoms with Crippen LogP contribution in [0, 0.1) is 13.8 Å². The minimum absolute atomic E-state index is 0.00796. The van der Waals surface area contributed by atoms with Gasteiger partial charge in [-0.2, -0.15) is 9.78 Å². The Labute approximate surface area is 265 Å². The fraction of sp³-hybridized carbons (Fsp3) is 0.417. The van der Waals surface area contributed by atoms with Gasteiger partial charge in [0.05, 0.1) is 18.5 Å². The lowest BCUT2D eigenvalue weighted by Gasteiger charge is -2.18. The molecule has 1 fully saturated rings. The summed E-state index contributed by atoms with van der Waals surface area (Å²) in [5.74, 6) is 0.283. The lowest BCUT2D eigenvalue weighted by atomic mass is 9.94. The second kappa shape index (κ2) is 15.2. The van der Waals surface area contributed by atoms with E-state index in [1.54, 1.807) is 13.0 Å². The van der Waals surface area contributed by atoms with Crippen molar-refractivity contribution in [1.29, 1.82) is 0 Å². The molecular weight excluding hydrogens is 568 g/mol. The van der Waals surface area contributed by atoms with E-state index in [-0.39, 0.29) is 11.4 Å². The summed E-state index contributed by atoms with van der Waals surface area (Å²) in [5, 5.41) is 13.8. The predicted octanol–water partition coefficient (Wildman–Crippen LogP) is 6.44. The van der Waals surface area contributed by atoms with Gasteiger partial charge in [-0.25, -0.2) is 9.78 Å². The summed E-state index contributed by atoms with van der Waals surface area (Å²) >= 11 is 0. The quantitative estimate of drug-likeness (QED) is 0.243. The summed E-state index contributed by atoms with van der Waals surface area (Å²) in [6, 6.07) is 16.0. The Bertz CT molecular complexity index is 1600. The van der Waals surface area contributed by atoms with E-state index in [9.17, 15) is 9.90 Å². The fourth-order valence-electron chi connectivity index (χ4n) is 5.82. The van der Waals surface area contributed by atoms with E-state index in [2.05, 4.69) is 36.1 Å². The Morgan fingerprint density at radius 3 is 2.47 bits per heavy atom. The van der Waals surface area contributed by atoms with Crippen molar-refractivity contribution < 1.29 is 24.1 Å². The van der Waals surface area contributed by atoms with E-state index in [0.717, 1.165) is 56.0 Å². The molecule has 2 aromatic heterocycles. The maximum absolute atomic E-state index is 11.7. The highest BCUT2D eigenvalue weighted by Gasteiger charge is 2.21. The molecule has 2 aromatic carbocycles. The van der Waals surface area contributed by atoms with E-state index in [0.29, 0.717) is 24.7 Å². The Hall–Kier alpha value is -4.21. The Morgan fingerprint density at radius 2 is 1.76 bits per heavy atom. The molecule has 2 aliphatic heterocycles. The molecule has 6 rings (SSSR count). The molecule has 0 amide bonds. The van der Waals surface area contributed by atoms with Crippen LogP contribution in [0.25, 0.3) is 17.1 Å². The first-order valence-corrected chi connectivity index (χ1v) is 15.9. The summed E-state index contributed by atoms with van der Waals surface area (Å²) in [5.41, 5.74) is 7.95. The number of pyridine rings is 1. The number of nitrogens with zero attached hydrogens (tertiary/aromatic N) is 4. The van der Waals surface area contributed by atoms with Gasteiger partial charge in [0.1, 0.15) is 17.9 Å². The van der Waals surface area contributed by atoms with E-state index in [1.807, 2.05) is 37.3 Å². The first-order chi connectivity index (χ1) is 21.9. The minimum atomic E-state index is -1.10. The van der Waals surface area contributed by atoms with Crippen LogP contribution in [0.5, 0.6) is 11.6 Å². The first kappa shape index (κ1) is 32.2. The van der Waals surface area contributed by atoms with Gasteiger partial charge in [0.2, 0.25) is 5.88 Å². The van der Waals surface area contributed by atoms with Gasteiger partial charge in [-0.3, -0.25) is 0 Å². The number of ether oxygens (including phenoxy) is 3. The van der Waals surface area contributed by atoms with Crippen LogP contribution in [0.1, 0.15) is 64.4 Å². The van der Waals surface area contributed by atoms with Gasteiger partial charge in [-0.15, -0.1) is 0 Å². The number of aromatic nitrogens is 3. The van der Waals surface area contributed by atoms with Crippen molar-refractivity contribution >= 4 is 5.97 Å². The SMILES string of the molecule is C1CCOCC1.CCOc1c(C(=O)O)cnn1-c1cccc(-c2cccc(C)c2OCc2ccc3c(c2C)CCN(C)CC3)n1. The molecule has 4 heterocycles. The van der Waals surface area contributed by atoms with E-state index in [4.69, 9.17) is 19.2 Å². The van der Waals surface area contributed by atoms with Crippen molar-refractivity contribution in [2.75, 3.05) is 40.0 Å². The summed E-state index contributed by atoms with van der Waals surface area (Å²) < 4.78 is 18.6. The Balaban J connectivity index is 0.000000598. The molecule has 0 radical (unpaired) electrons. The normalized spacial score (nSPS) is 14.9. The minimum Gasteiger partial charge on any atom is -0.488 e. The van der Waals surface area contributed by atoms with Gasteiger partial charge in [-0.1, -0.05) is 30.3 Å². The summed E-state index contributed by atoms with van der Waals surface area (Å²) in [6.45, 7) is 11.0. The number of aryl methyl sites for hydroxylation is 1. The highest BCUT2D eigenvalue weighted by molar-refractivity contribution is 5.90. The highest BCUT2D eigenvalue weighted by Crippen LogP contribution is 2.34. The number of likely N-dealkylation sites (N-methyl/N-ethyl adjacent to an activating group) is 1. The van der Waals surface area contributed by atoms with Crippen molar-refractivity contribution in [3.8, 4) is 28.7 Å². The van der Waals surface area contributed by atoms with Crippen molar-refractivity contribution in [1.82, 2.24) is 19.7 Å². The largest absolute Gasteiger partial charge is 0.488 e. The third kappa shape index (κ3) is 7.72. The van der Waals surface area contributed by atoms with Gasteiger partial charge in [0, 0.05) is 31.9 Å². The molecule has 238 valence electrons. The first-order valence-electron chi connectivity index (χ1n) is 15.9. The van der Waals surface area contributed by atoms with Gasteiger partial charge in [0.25, 0.3) is 0 Å². The number of carbonyl (C=O) groups is 1. The van der Waals surface area contributed by atoms with Crippen molar-refractivity contribution in [3.05, 3.63) is 88.1 Å². The molecule has 0 spiro atoms. The van der Waals surface area contributed by atoms with Crippen LogP contribution in [0.2, 0.25) is 0 Å². The van der Waals surface area contributed by atoms with Gasteiger partial charge in [0.15, 0.2) is 5.82 Å². The second-order valence-corrected chi connectivity index (χ2v) is 11.6. The molecule has 2 aliphatic rings. The van der Waals surface area contributed by atoms with E-state index >= 15 is 0 Å². The van der Waals surface area contributed by atoms with Gasteiger partial charge < -0.3 is 24.2 Å². The number of hydrogen-bond donors (Lipinski definition) is 1. The number of carboxylic acid groups (broad SMARTS) is 1. The van der Waals surface area contributed by atoms with Crippen molar-refractivity contribution in [3.63, 3.8) is 0 Å². The average molecular weight is 613 g/mol. The summed E-state index contributed by atoms with van der Waals surface area (Å²) in [7, 11) is 2.18. The summed E-state index contributed by atoms with van der Waals surface area (Å²) in [6.07, 6.45) is 7.34. The van der Waals surface area contributed by atoms with Crippen LogP contribution >= 0.6 is 0 Å². The third-order valence-corrected chi connectivity index (χ3v) is 8.44. The van der Waals surface area contributed by atoms with Crippen LogP contribution in [0.4, 0.5) is 0 Å². The molecule has 1 N–H and O–H groups in total. The Morgan fingerprint density at radius 1 is 0.978 bits per heavy atom. The maximum Gasteiger partial charge on any atom is 0.342 e. The zero-order chi connectivity index (χ0) is 31.8. The molecule has 4 aromatic rings. The molecule has 45 heavy (non-hydrogen) atoms. The number of rotatable bonds is 8. The van der Waals surface area contributed by atoms with Crippen molar-refractivity contribution in [2.45, 2.75) is 59.5 Å². The van der Waals surface area contributed by atoms with E-state index in [1.165, 1.54) is 52.4 Å². The van der Waals surface area contributed by atoms with Gasteiger partial charge >= 0.3 is 5.97 Å². The average Bonchev–Trinajstić information content (AvgIpc) is 3.38. The van der Waals surface area contributed by atoms with Crippen LogP contribution < -0.4 is 9.47 Å². The number of para-hydroxylation sites is 1. The monoisotopic (exact) mass is 612 g/mol. The standard InChI is InChI=1S/C31H34N4O4.C5H10O/c1-5-38-30-26(31(36)37)18-32-35(30)28-11-7-10-27(33-28)25-9-6-8-20(2)29(25)39-19-23-13-12-22-14-16-34(4)17-15-24(22)21(23)3;1-2-4-6-5-3-1/h6-13,18H,5,14-17,19H2,1-4H3,(H,36,37);1-5H2. The van der Waals surface area contributed by atoms with Gasteiger partial charge in [-0.05, 0) is 106 Å². The Kier molecular flexibility index (Phi) is 10.9. The number of carboxylic acids is 1. The topological polar surface area (TPSA) is 98.9 Å². The lowest BCUT2D eigenvalue weighted by Crippen LogP contribution is -2.20. The highest BCUT2D eigenvalue weighted by atomic mass is 16.5. The third-order valence-electron chi connectivity index (χ3n) is 8.44. The summed E-state index contributed by atoms with van der Waals surface area (Å²) in [4.78, 5) is 18.9. The van der Waals surface area contributed by atoms with Crippen LogP contribution in [0.3, 0.4) is 0 Å². The maximum atomic E-state index is 11.7. The van der Waals surface area contributed by atoms with Crippen LogP contribution in [0.15, 0.2) is 54.7 Å². The smallest absolute Gasteiger partial charge is 0.342 e. The zero-order valence-electron chi connectivity index (χ0n) is 26.8. The van der Waals surface area contributed by atoms with E-state index < -0.39 is 5.97 Å². The molecule has 9 nitrogen and oxygen atoms in total. The number of hydrogen-bond acceptors (Lipinski definition) is 7. The molecule has 0 saturated carbocycles.